The van der Waals surface area contributed by atoms with E-state index in [1.54, 1.807) is 5.57 Å². The predicted octanol–water partition coefficient (Wildman–Crippen LogP) is 5.86. The van der Waals surface area contributed by atoms with Crippen LogP contribution in [0.2, 0.25) is 0 Å². The van der Waals surface area contributed by atoms with Gasteiger partial charge in [-0.1, -0.05) is 25.5 Å². The average molecular weight is 372 g/mol. The minimum Gasteiger partial charge on any atom is -0.393 e. The van der Waals surface area contributed by atoms with Gasteiger partial charge >= 0.3 is 0 Å². The van der Waals surface area contributed by atoms with E-state index < -0.39 is 0 Å². The highest BCUT2D eigenvalue weighted by molar-refractivity contribution is 7.11. The van der Waals surface area contributed by atoms with Gasteiger partial charge in [-0.25, -0.2) is 4.98 Å². The fourth-order valence-electron chi connectivity index (χ4n) is 7.58. The lowest BCUT2D eigenvalue weighted by molar-refractivity contribution is -0.0409. The van der Waals surface area contributed by atoms with Crippen LogP contribution in [-0.2, 0) is 0 Å². The van der Waals surface area contributed by atoms with Crippen LogP contribution in [0.25, 0.3) is 0 Å². The molecule has 1 aromatic heterocycles. The number of aliphatic hydroxyl groups excluding tert-OH is 1. The fourth-order valence-corrected chi connectivity index (χ4v) is 8.65. The fraction of sp³-hybridized carbons (Fsp3) is 0.783. The van der Waals surface area contributed by atoms with Crippen LogP contribution in [0, 0.1) is 35.5 Å². The summed E-state index contributed by atoms with van der Waals surface area (Å²) in [6, 6.07) is 0. The molecule has 0 unspecified atom stereocenters. The van der Waals surface area contributed by atoms with Gasteiger partial charge in [0.2, 0.25) is 0 Å². The van der Waals surface area contributed by atoms with Crippen molar-refractivity contribution < 1.29 is 5.11 Å². The first-order valence-electron chi connectivity index (χ1n) is 10.7. The second-order valence-corrected chi connectivity index (χ2v) is 11.4. The molecule has 7 atom stereocenters. The van der Waals surface area contributed by atoms with Gasteiger partial charge in [-0.05, 0) is 86.9 Å². The second kappa shape index (κ2) is 5.91. The Morgan fingerprint density at radius 2 is 1.96 bits per heavy atom. The van der Waals surface area contributed by atoms with Gasteiger partial charge in [-0.3, -0.25) is 0 Å². The van der Waals surface area contributed by atoms with Crippen LogP contribution < -0.4 is 0 Å². The highest BCUT2D eigenvalue weighted by Crippen LogP contribution is 2.68. The zero-order valence-electron chi connectivity index (χ0n) is 16.5. The van der Waals surface area contributed by atoms with E-state index in [9.17, 15) is 5.11 Å². The Kier molecular flexibility index (Phi) is 3.96. The molecule has 26 heavy (non-hydrogen) atoms. The minimum atomic E-state index is -0.0938. The number of fused-ring (bicyclic) bond motifs is 5. The molecule has 0 spiro atoms. The Bertz CT molecular complexity index is 738. The maximum Gasteiger partial charge on any atom is 0.0964 e. The summed E-state index contributed by atoms with van der Waals surface area (Å²) in [5, 5.41) is 11.6. The molecule has 3 fully saturated rings. The lowest BCUT2D eigenvalue weighted by atomic mass is 9.47. The van der Waals surface area contributed by atoms with E-state index in [2.05, 4.69) is 33.0 Å². The summed E-state index contributed by atoms with van der Waals surface area (Å²) >= 11 is 1.94. The summed E-state index contributed by atoms with van der Waals surface area (Å²) < 4.78 is 0. The number of nitrogens with zero attached hydrogens (tertiary/aromatic N) is 1. The van der Waals surface area contributed by atoms with Gasteiger partial charge in [-0.15, -0.1) is 11.3 Å². The van der Waals surface area contributed by atoms with Crippen LogP contribution in [0.4, 0.5) is 0 Å². The largest absolute Gasteiger partial charge is 0.393 e. The Morgan fingerprint density at radius 1 is 1.12 bits per heavy atom. The van der Waals surface area contributed by atoms with Crippen molar-refractivity contribution in [1.82, 2.24) is 4.98 Å². The molecule has 4 aliphatic carbocycles. The number of aliphatic hydroxyl groups is 1. The number of aromatic nitrogens is 1. The molecule has 0 aliphatic heterocycles. The van der Waals surface area contributed by atoms with Gasteiger partial charge in [-0.2, -0.15) is 0 Å². The van der Waals surface area contributed by atoms with E-state index in [1.165, 1.54) is 48.4 Å². The number of hydrogen-bond donors (Lipinski definition) is 1. The highest BCUT2D eigenvalue weighted by atomic mass is 32.1. The van der Waals surface area contributed by atoms with Crippen molar-refractivity contribution in [3.05, 3.63) is 27.7 Å². The molecule has 3 heteroatoms. The van der Waals surface area contributed by atoms with Crippen LogP contribution >= 0.6 is 11.3 Å². The number of aryl methyl sites for hydroxylation is 1. The first kappa shape index (κ1) is 17.4. The number of thiazole rings is 1. The molecular formula is C23H33NOS. The first-order valence-corrected chi connectivity index (χ1v) is 11.5. The van der Waals surface area contributed by atoms with Gasteiger partial charge in [0.25, 0.3) is 0 Å². The van der Waals surface area contributed by atoms with E-state index in [-0.39, 0.29) is 6.10 Å². The molecule has 2 nitrogen and oxygen atoms in total. The van der Waals surface area contributed by atoms with E-state index in [4.69, 9.17) is 4.98 Å². The van der Waals surface area contributed by atoms with Crippen LogP contribution in [0.15, 0.2) is 17.8 Å². The van der Waals surface area contributed by atoms with Crippen molar-refractivity contribution in [3.8, 4) is 0 Å². The van der Waals surface area contributed by atoms with Crippen LogP contribution in [-0.4, -0.2) is 16.2 Å². The quantitative estimate of drug-likeness (QED) is 0.627. The van der Waals surface area contributed by atoms with Gasteiger partial charge in [0.15, 0.2) is 0 Å². The Balaban J connectivity index is 1.46. The minimum absolute atomic E-state index is 0.0938. The topological polar surface area (TPSA) is 33.1 Å². The van der Waals surface area contributed by atoms with Crippen molar-refractivity contribution in [2.24, 2.45) is 28.6 Å². The van der Waals surface area contributed by atoms with Gasteiger partial charge in [0.05, 0.1) is 11.1 Å². The van der Waals surface area contributed by atoms with Crippen molar-refractivity contribution in [2.75, 3.05) is 0 Å². The molecule has 1 N–H and O–H groups in total. The summed E-state index contributed by atoms with van der Waals surface area (Å²) in [5.74, 6) is 3.23. The average Bonchev–Trinajstić information content (AvgIpc) is 3.18. The predicted molar refractivity (Wildman–Crippen MR) is 107 cm³/mol. The third-order valence-electron chi connectivity index (χ3n) is 9.02. The summed E-state index contributed by atoms with van der Waals surface area (Å²) in [4.78, 5) is 6.16. The van der Waals surface area contributed by atoms with E-state index in [0.29, 0.717) is 16.7 Å². The molecule has 0 amide bonds. The van der Waals surface area contributed by atoms with Crippen LogP contribution in [0.5, 0.6) is 0 Å². The maximum absolute atomic E-state index is 10.2. The molecule has 3 saturated carbocycles. The highest BCUT2D eigenvalue weighted by Gasteiger charge is 2.59. The Labute approximate surface area is 162 Å². The number of allylic oxidation sites excluding steroid dienone is 1. The van der Waals surface area contributed by atoms with Crippen molar-refractivity contribution in [2.45, 2.75) is 84.2 Å². The van der Waals surface area contributed by atoms with Crippen molar-refractivity contribution >= 4 is 11.3 Å². The molecule has 5 rings (SSSR count). The number of rotatable bonds is 1. The standard InChI is InChI=1S/C23H33NOS/c1-14-13-24-21(26-14)20-7-6-18-17-5-4-15-12-16(25)8-10-22(15,2)19(17)9-11-23(18,20)3/h4,13,16-20,25H,5-12H2,1-3H3/t16-,17-,18-,19-,20+,22-,23-/m0/s1. The Hall–Kier alpha value is -0.670. The smallest absolute Gasteiger partial charge is 0.0964 e. The first-order chi connectivity index (χ1) is 12.4. The van der Waals surface area contributed by atoms with Crippen molar-refractivity contribution in [3.63, 3.8) is 0 Å². The van der Waals surface area contributed by atoms with Gasteiger partial charge < -0.3 is 5.11 Å². The van der Waals surface area contributed by atoms with Gasteiger partial charge in [0, 0.05) is 17.0 Å². The lowest BCUT2D eigenvalue weighted by Gasteiger charge is -2.58. The molecule has 0 saturated heterocycles. The number of hydrogen-bond acceptors (Lipinski definition) is 3. The summed E-state index contributed by atoms with van der Waals surface area (Å²) in [6.07, 6.45) is 14.4. The van der Waals surface area contributed by atoms with Crippen LogP contribution in [0.1, 0.15) is 81.0 Å². The second-order valence-electron chi connectivity index (χ2n) is 10.1. The molecule has 1 heterocycles. The molecule has 0 aromatic carbocycles. The molecule has 142 valence electrons. The zero-order valence-corrected chi connectivity index (χ0v) is 17.3. The van der Waals surface area contributed by atoms with E-state index in [0.717, 1.165) is 30.6 Å². The molecule has 0 radical (unpaired) electrons. The van der Waals surface area contributed by atoms with E-state index in [1.807, 2.05) is 11.3 Å². The van der Waals surface area contributed by atoms with E-state index >= 15 is 0 Å². The lowest BCUT2D eigenvalue weighted by Crippen LogP contribution is -2.50. The summed E-state index contributed by atoms with van der Waals surface area (Å²) in [7, 11) is 0. The zero-order chi connectivity index (χ0) is 18.1. The molecule has 4 aliphatic rings. The molecule has 1 aromatic rings. The third kappa shape index (κ3) is 2.35. The SMILES string of the molecule is Cc1cnc([C@H]2CC[C@H]3[C@@H]4CC=C5C[C@@H](O)CC[C@]5(C)[C@H]4CC[C@]23C)s1. The normalized spacial score (nSPS) is 47.7. The summed E-state index contributed by atoms with van der Waals surface area (Å²) in [6.45, 7) is 7.31. The van der Waals surface area contributed by atoms with Crippen molar-refractivity contribution in [1.29, 1.82) is 0 Å². The van der Waals surface area contributed by atoms with Crippen LogP contribution in [0.3, 0.4) is 0 Å². The molecule has 0 bridgehead atoms. The molecular weight excluding hydrogens is 338 g/mol. The summed E-state index contributed by atoms with van der Waals surface area (Å²) in [5.41, 5.74) is 2.40. The maximum atomic E-state index is 10.2. The third-order valence-corrected chi connectivity index (χ3v) is 10.0. The van der Waals surface area contributed by atoms with Gasteiger partial charge in [0.1, 0.15) is 0 Å². The Morgan fingerprint density at radius 3 is 2.73 bits per heavy atom. The monoisotopic (exact) mass is 371 g/mol.